The van der Waals surface area contributed by atoms with Crippen molar-refractivity contribution in [3.8, 4) is 0 Å². The summed E-state index contributed by atoms with van der Waals surface area (Å²) >= 11 is 0. The molecular weight excluding hydrogens is 1430 g/mol. The minimum absolute atomic E-state index is 0.00906. The Kier molecular flexibility index (Phi) is 25.0. The van der Waals surface area contributed by atoms with Crippen LogP contribution in [-0.4, -0.2) is 317 Å². The van der Waals surface area contributed by atoms with E-state index < -0.39 is 268 Å². The van der Waals surface area contributed by atoms with Crippen LogP contribution in [0.25, 0.3) is 6.08 Å². The number of ether oxygens (including phenoxy) is 13. The van der Waals surface area contributed by atoms with E-state index in [2.05, 4.69) is 46.0 Å². The smallest absolute Gasteiger partial charge is 0.331 e. The fraction of sp³-hybridized carbons (Fsp3) is 0.827. The molecule has 0 radical (unpaired) electrons. The normalized spacial score (nSPS) is 49.3. The van der Waals surface area contributed by atoms with Crippen molar-refractivity contribution in [2.24, 2.45) is 50.2 Å². The maximum Gasteiger partial charge on any atom is 0.331 e. The number of esters is 2. The first-order valence-electron chi connectivity index (χ1n) is 37.8. The number of fused-ring (bicyclic) bond motifs is 7. The molecule has 4 saturated carbocycles. The molecule has 33 nitrogen and oxygen atoms in total. The molecule has 37 atom stereocenters. The number of hydrogen-bond donors (Lipinski definition) is 17. The van der Waals surface area contributed by atoms with Gasteiger partial charge in [0, 0.05) is 24.8 Å². The van der Waals surface area contributed by atoms with E-state index in [1.165, 1.54) is 19.9 Å². The third-order valence-corrected chi connectivity index (χ3v) is 26.8. The van der Waals surface area contributed by atoms with Gasteiger partial charge in [-0.1, -0.05) is 90.4 Å². The summed E-state index contributed by atoms with van der Waals surface area (Å²) in [4.78, 5) is 43.2. The Morgan fingerprint density at radius 1 is 0.546 bits per heavy atom. The van der Waals surface area contributed by atoms with Crippen LogP contribution in [0.15, 0.2) is 48.1 Å². The lowest BCUT2D eigenvalue weighted by Gasteiger charge is -2.71. The highest BCUT2D eigenvalue weighted by molar-refractivity contribution is 5.87. The van der Waals surface area contributed by atoms with Crippen molar-refractivity contribution >= 4 is 23.9 Å². The van der Waals surface area contributed by atoms with Crippen molar-refractivity contribution in [2.45, 2.75) is 304 Å². The molecule has 610 valence electrons. The number of benzene rings is 1. The van der Waals surface area contributed by atoms with Crippen LogP contribution < -0.4 is 5.32 Å². The topological polar surface area (TPSA) is 507 Å². The molecule has 5 aliphatic carbocycles. The molecule has 0 aromatic heterocycles. The average Bonchev–Trinajstić information content (AvgIpc) is 0.673. The van der Waals surface area contributed by atoms with Crippen LogP contribution in [-0.2, 0) is 76.0 Å². The molecule has 0 bridgehead atoms. The first kappa shape index (κ1) is 83.5. The number of nitrogens with one attached hydrogen (secondary N) is 1. The number of rotatable bonds is 19. The molecular formula is C75H113NO32. The predicted molar refractivity (Wildman–Crippen MR) is 367 cm³/mol. The molecule has 6 aliphatic heterocycles. The lowest BCUT2D eigenvalue weighted by molar-refractivity contribution is -0.380. The van der Waals surface area contributed by atoms with Crippen LogP contribution in [0, 0.1) is 50.2 Å². The number of amides is 1. The summed E-state index contributed by atoms with van der Waals surface area (Å²) in [7, 11) is 0. The van der Waals surface area contributed by atoms with E-state index in [1.54, 1.807) is 6.08 Å². The molecule has 108 heavy (non-hydrogen) atoms. The molecule has 1 aromatic carbocycles. The van der Waals surface area contributed by atoms with Crippen LogP contribution in [0.1, 0.15) is 126 Å². The van der Waals surface area contributed by atoms with Crippen molar-refractivity contribution < 1.29 is 158 Å². The lowest BCUT2D eigenvalue weighted by atomic mass is 9.33. The van der Waals surface area contributed by atoms with Crippen molar-refractivity contribution in [1.82, 2.24) is 5.32 Å². The number of carbonyl (C=O) groups is 3. The van der Waals surface area contributed by atoms with Crippen LogP contribution in [0.4, 0.5) is 0 Å². The van der Waals surface area contributed by atoms with Crippen LogP contribution >= 0.6 is 0 Å². The number of carbonyl (C=O) groups excluding carboxylic acids is 3. The molecule has 10 fully saturated rings. The minimum Gasteiger partial charge on any atom is -0.459 e. The zero-order valence-corrected chi connectivity index (χ0v) is 62.3. The maximum absolute atomic E-state index is 16.2. The molecule has 6 saturated heterocycles. The lowest BCUT2D eigenvalue weighted by Crippen LogP contribution is -2.68. The van der Waals surface area contributed by atoms with Crippen LogP contribution in [0.3, 0.4) is 0 Å². The molecule has 33 heteroatoms. The Balaban J connectivity index is 0.804. The average molecular weight is 1540 g/mol. The van der Waals surface area contributed by atoms with E-state index in [-0.39, 0.29) is 30.1 Å². The van der Waals surface area contributed by atoms with Gasteiger partial charge in [-0.3, -0.25) is 9.59 Å². The van der Waals surface area contributed by atoms with Crippen LogP contribution in [0.2, 0.25) is 0 Å². The number of aliphatic hydroxyl groups excluding tert-OH is 16. The zero-order chi connectivity index (χ0) is 78.4. The number of hydrogen-bond acceptors (Lipinski definition) is 32. The summed E-state index contributed by atoms with van der Waals surface area (Å²) in [6.07, 6.45) is -38.0. The summed E-state index contributed by atoms with van der Waals surface area (Å²) in [6, 6.07) is 7.87. The van der Waals surface area contributed by atoms with E-state index in [4.69, 9.17) is 61.6 Å². The third-order valence-electron chi connectivity index (χ3n) is 26.8. The number of aliphatic hydroxyl groups is 16. The Morgan fingerprint density at radius 3 is 1.81 bits per heavy atom. The van der Waals surface area contributed by atoms with Gasteiger partial charge < -0.3 is 149 Å². The highest BCUT2D eigenvalue weighted by atomic mass is 16.8. The second kappa shape index (κ2) is 32.4. The zero-order valence-electron chi connectivity index (χ0n) is 62.3. The fourth-order valence-corrected chi connectivity index (χ4v) is 20.2. The Morgan fingerprint density at radius 2 is 1.14 bits per heavy atom. The molecule has 0 spiro atoms. The van der Waals surface area contributed by atoms with Gasteiger partial charge in [-0.05, 0) is 109 Å². The van der Waals surface area contributed by atoms with Crippen molar-refractivity contribution in [3.63, 3.8) is 0 Å². The van der Waals surface area contributed by atoms with E-state index in [0.29, 0.717) is 44.9 Å². The van der Waals surface area contributed by atoms with Gasteiger partial charge in [-0.25, -0.2) is 4.79 Å². The van der Waals surface area contributed by atoms with Crippen molar-refractivity contribution in [2.75, 3.05) is 33.0 Å². The van der Waals surface area contributed by atoms with Gasteiger partial charge >= 0.3 is 11.9 Å². The molecule has 11 aliphatic rings. The Hall–Kier alpha value is -3.97. The maximum atomic E-state index is 16.2. The summed E-state index contributed by atoms with van der Waals surface area (Å²) < 4.78 is 79.2. The second-order valence-electron chi connectivity index (χ2n) is 34.0. The summed E-state index contributed by atoms with van der Waals surface area (Å²) in [5, 5.41) is 178. The van der Waals surface area contributed by atoms with E-state index in [1.807, 2.05) is 44.2 Å². The Bertz CT molecular complexity index is 3330. The first-order valence-corrected chi connectivity index (χ1v) is 37.8. The van der Waals surface area contributed by atoms with Gasteiger partial charge in [0.1, 0.15) is 128 Å². The minimum atomic E-state index is -2.04. The van der Waals surface area contributed by atoms with E-state index in [0.717, 1.165) is 11.1 Å². The van der Waals surface area contributed by atoms with Gasteiger partial charge in [0.2, 0.25) is 12.2 Å². The third kappa shape index (κ3) is 15.3. The molecule has 1 amide bonds. The van der Waals surface area contributed by atoms with Gasteiger partial charge in [-0.2, -0.15) is 0 Å². The molecule has 17 N–H and O–H groups in total. The van der Waals surface area contributed by atoms with Crippen molar-refractivity contribution in [3.05, 3.63) is 53.6 Å². The molecule has 12 rings (SSSR count). The van der Waals surface area contributed by atoms with Gasteiger partial charge in [-0.15, -0.1) is 0 Å². The second-order valence-corrected chi connectivity index (χ2v) is 34.0. The standard InChI is InChI=1S/C75H113NO32/c1-32-48(83)60(105-65-58(93)55(90)51(86)39(27-77)100-65)59(94)66(99-32)107-62-56(91)52(87)40(28-78)101-68(62)108-69(95)75-24-23-73(8)35(36(75)25-70(3,4)45(26-75)103-46(82)18-15-34-13-11-10-12-14-34)16-17-43-72(7)21-20-44(71(5,6)42(72)19-22-74(43,73)9)104-63-47(76-33(2)79)54(89)53(88)41(102-63)31-98-67-61(50(85)38(81)30-97-67)106-64-57(92)49(84)37(80)29-96-64/h10-16,18,32,36-45,47-68,77-78,80-81,83-94H,17,19-31H2,1-9H3,(H,76,79)/t32-,36-,37+,38-,39+,40+,41+,42-,43+,44-,45-,47+,48-,49-,50-,51+,52+,53+,54+,55-,56-,57+,58+,59+,60+,61+,62+,63-,64-,65-,66-,67-,68-,72-,73+,74+,75+/m0/s1. The van der Waals surface area contributed by atoms with Gasteiger partial charge in [0.25, 0.3) is 0 Å². The Labute approximate surface area is 625 Å². The van der Waals surface area contributed by atoms with Crippen LogP contribution in [0.5, 0.6) is 0 Å². The molecule has 0 unspecified atom stereocenters. The van der Waals surface area contributed by atoms with Gasteiger partial charge in [0.15, 0.2) is 37.6 Å². The van der Waals surface area contributed by atoms with Gasteiger partial charge in [0.05, 0.1) is 50.7 Å². The largest absolute Gasteiger partial charge is 0.459 e. The molecule has 6 heterocycles. The summed E-state index contributed by atoms with van der Waals surface area (Å²) in [6.45, 7) is 14.7. The summed E-state index contributed by atoms with van der Waals surface area (Å²) in [5.74, 6) is -2.61. The molecule has 1 aromatic rings. The quantitative estimate of drug-likeness (QED) is 0.0290. The highest BCUT2D eigenvalue weighted by Crippen LogP contribution is 2.76. The first-order chi connectivity index (χ1) is 50.8. The van der Waals surface area contributed by atoms with E-state index in [9.17, 15) is 91.3 Å². The SMILES string of the molecule is CC(=O)N[C@H]1[C@H](O[C@H]2CC[C@]3(C)[C@H]4CC=C5[C@@H]6CC(C)(C)[C@@H](OC(=O)C=Cc7ccccc7)C[C@]6(C(=O)O[C@@H]6O[C@H](CO)[C@@H](O)[C@H](O)[C@H]6O[C@@H]6O[C@@H](C)[C@H](O)[C@@H](O[C@@H]7O[C@H](CO)[C@@H](O)[C@H](O)[C@H]7O)[C@H]6O)CC[C@@]5(C)[C@]4(C)CC[C@H]3C2(C)C)O[C@H](CO[C@@H]2OC[C@H](O)[C@H](O)[C@H]2O[C@@H]2OC[C@@H](O)[C@H](O)[C@H]2O)[C@@H](O)[C@@H]1O. The number of allylic oxidation sites excluding steroid dienone is 2. The summed E-state index contributed by atoms with van der Waals surface area (Å²) in [5.41, 5.74) is -2.56. The highest BCUT2D eigenvalue weighted by Gasteiger charge is 2.72. The van der Waals surface area contributed by atoms with Crippen molar-refractivity contribution in [1.29, 1.82) is 0 Å². The predicted octanol–water partition coefficient (Wildman–Crippen LogP) is -2.70. The van der Waals surface area contributed by atoms with E-state index >= 15 is 4.79 Å². The fourth-order valence-electron chi connectivity index (χ4n) is 20.2. The monoisotopic (exact) mass is 1540 g/mol.